The molecule has 0 amide bonds. The number of rotatable bonds is 10. The molecule has 2 saturated heterocycles. The summed E-state index contributed by atoms with van der Waals surface area (Å²) in [6.07, 6.45) is 10.9. The van der Waals surface area contributed by atoms with Crippen LogP contribution in [0.25, 0.3) is 0 Å². The number of aromatic nitrogens is 1. The van der Waals surface area contributed by atoms with Gasteiger partial charge in [-0.3, -0.25) is 4.98 Å². The molecule has 0 spiro atoms. The van der Waals surface area contributed by atoms with Gasteiger partial charge in [0, 0.05) is 31.8 Å². The second-order valence-corrected chi connectivity index (χ2v) is 8.55. The summed E-state index contributed by atoms with van der Waals surface area (Å²) in [6, 6.07) is 13.2. The van der Waals surface area contributed by atoms with Gasteiger partial charge in [-0.05, 0) is 56.6 Å². The van der Waals surface area contributed by atoms with Gasteiger partial charge in [0.25, 0.3) is 0 Å². The van der Waals surface area contributed by atoms with Gasteiger partial charge in [-0.1, -0.05) is 30.3 Å². The summed E-state index contributed by atoms with van der Waals surface area (Å²) >= 11 is 0. The van der Waals surface area contributed by atoms with E-state index in [4.69, 9.17) is 9.47 Å². The Morgan fingerprint density at radius 3 is 2.70 bits per heavy atom. The molecule has 30 heavy (non-hydrogen) atoms. The number of anilines is 1. The molecule has 0 bridgehead atoms. The van der Waals surface area contributed by atoms with Crippen molar-refractivity contribution in [1.82, 2.24) is 10.3 Å². The van der Waals surface area contributed by atoms with Crippen LogP contribution in [0, 0.1) is 5.92 Å². The van der Waals surface area contributed by atoms with Gasteiger partial charge in [-0.15, -0.1) is 0 Å². The maximum atomic E-state index is 5.98. The molecule has 162 valence electrons. The molecule has 5 heteroatoms. The smallest absolute Gasteiger partial charge is 0.139 e. The molecule has 0 aliphatic carbocycles. The number of nitrogens with zero attached hydrogens (tertiary/aromatic N) is 2. The van der Waals surface area contributed by atoms with E-state index in [0.29, 0.717) is 6.04 Å². The Morgan fingerprint density at radius 1 is 1.03 bits per heavy atom. The molecule has 1 aromatic carbocycles. The van der Waals surface area contributed by atoms with Crippen LogP contribution in [0.2, 0.25) is 0 Å². The molecule has 4 rings (SSSR count). The van der Waals surface area contributed by atoms with Crippen LogP contribution in [0.5, 0.6) is 5.75 Å². The first kappa shape index (κ1) is 21.1. The molecule has 2 aromatic rings. The molecule has 1 aromatic heterocycles. The fourth-order valence-corrected chi connectivity index (χ4v) is 4.42. The third-order valence-electron chi connectivity index (χ3n) is 6.34. The molecule has 5 nitrogen and oxygen atoms in total. The molecule has 1 atom stereocenters. The van der Waals surface area contributed by atoms with E-state index in [0.717, 1.165) is 57.5 Å². The topological polar surface area (TPSA) is 46.6 Å². The van der Waals surface area contributed by atoms with Crippen LogP contribution >= 0.6 is 0 Å². The fraction of sp³-hybridized carbons (Fsp3) is 0.560. The first-order chi connectivity index (χ1) is 14.9. The van der Waals surface area contributed by atoms with Gasteiger partial charge in [0.2, 0.25) is 0 Å². The lowest BCUT2D eigenvalue weighted by atomic mass is 9.94. The summed E-state index contributed by atoms with van der Waals surface area (Å²) in [5.41, 5.74) is 2.54. The standard InChI is InChI=1S/C25H35N3O2/c1-2-5-21(6-3-1)10-15-29-16-11-22-8-13-28(14-9-22)24-17-25(19-26-18-24)30-20-23-7-4-12-27-23/h1-3,5-6,17-19,22-23,27H,4,7-16,20H2/t23-/m0/s1. The van der Waals surface area contributed by atoms with Crippen LogP contribution in [-0.4, -0.2) is 50.5 Å². The zero-order valence-corrected chi connectivity index (χ0v) is 18.0. The number of benzene rings is 1. The van der Waals surface area contributed by atoms with Crippen LogP contribution in [-0.2, 0) is 11.2 Å². The molecule has 0 saturated carbocycles. The van der Waals surface area contributed by atoms with Gasteiger partial charge in [-0.25, -0.2) is 0 Å². The van der Waals surface area contributed by atoms with Crippen molar-refractivity contribution >= 4 is 5.69 Å². The lowest BCUT2D eigenvalue weighted by Crippen LogP contribution is -2.34. The second kappa shape index (κ2) is 11.3. The summed E-state index contributed by atoms with van der Waals surface area (Å²) < 4.78 is 11.9. The van der Waals surface area contributed by atoms with Crippen molar-refractivity contribution in [3.63, 3.8) is 0 Å². The summed E-state index contributed by atoms with van der Waals surface area (Å²) in [4.78, 5) is 6.86. The average molecular weight is 410 g/mol. The van der Waals surface area contributed by atoms with Crippen molar-refractivity contribution in [3.8, 4) is 5.75 Å². The zero-order valence-electron chi connectivity index (χ0n) is 18.0. The van der Waals surface area contributed by atoms with Crippen molar-refractivity contribution in [2.24, 2.45) is 5.92 Å². The highest BCUT2D eigenvalue weighted by Crippen LogP contribution is 2.27. The quantitative estimate of drug-likeness (QED) is 0.599. The highest BCUT2D eigenvalue weighted by Gasteiger charge is 2.20. The molecule has 2 fully saturated rings. The monoisotopic (exact) mass is 409 g/mol. The lowest BCUT2D eigenvalue weighted by Gasteiger charge is -2.33. The van der Waals surface area contributed by atoms with Crippen molar-refractivity contribution in [1.29, 1.82) is 0 Å². The highest BCUT2D eigenvalue weighted by molar-refractivity contribution is 5.48. The van der Waals surface area contributed by atoms with Gasteiger partial charge in [0.05, 0.1) is 24.7 Å². The molecule has 2 aliphatic rings. The summed E-state index contributed by atoms with van der Waals surface area (Å²) in [7, 11) is 0. The molecule has 2 aliphatic heterocycles. The van der Waals surface area contributed by atoms with Crippen molar-refractivity contribution in [3.05, 3.63) is 54.4 Å². The predicted octanol–water partition coefficient (Wildman–Crippen LogP) is 4.08. The Balaban J connectivity index is 1.13. The van der Waals surface area contributed by atoms with Gasteiger partial charge in [0.1, 0.15) is 12.4 Å². The van der Waals surface area contributed by atoms with Gasteiger partial charge in [0.15, 0.2) is 0 Å². The molecule has 0 radical (unpaired) electrons. The minimum absolute atomic E-state index is 0.485. The maximum Gasteiger partial charge on any atom is 0.139 e. The normalized spacial score (nSPS) is 19.9. The molecular weight excluding hydrogens is 374 g/mol. The Hall–Kier alpha value is -2.11. The zero-order chi connectivity index (χ0) is 20.4. The Bertz CT molecular complexity index is 741. The van der Waals surface area contributed by atoms with E-state index >= 15 is 0 Å². The van der Waals surface area contributed by atoms with E-state index in [-0.39, 0.29) is 0 Å². The van der Waals surface area contributed by atoms with Crippen molar-refractivity contribution in [2.45, 2.75) is 44.6 Å². The lowest BCUT2D eigenvalue weighted by molar-refractivity contribution is 0.118. The molecule has 0 unspecified atom stereocenters. The van der Waals surface area contributed by atoms with E-state index in [2.05, 4.69) is 51.6 Å². The van der Waals surface area contributed by atoms with E-state index in [9.17, 15) is 0 Å². The largest absolute Gasteiger partial charge is 0.490 e. The van der Waals surface area contributed by atoms with Gasteiger partial charge >= 0.3 is 0 Å². The highest BCUT2D eigenvalue weighted by atomic mass is 16.5. The molecule has 1 N–H and O–H groups in total. The van der Waals surface area contributed by atoms with Crippen LogP contribution in [0.1, 0.15) is 37.7 Å². The number of piperidine rings is 1. The van der Waals surface area contributed by atoms with E-state index in [1.165, 1.54) is 43.4 Å². The number of hydrogen-bond acceptors (Lipinski definition) is 5. The SMILES string of the molecule is c1ccc(CCOCCC2CCN(c3cncc(OC[C@@H]4CCCN4)c3)CC2)cc1. The van der Waals surface area contributed by atoms with Gasteiger partial charge in [-0.2, -0.15) is 0 Å². The van der Waals surface area contributed by atoms with Crippen LogP contribution in [0.3, 0.4) is 0 Å². The second-order valence-electron chi connectivity index (χ2n) is 8.55. The number of hydrogen-bond donors (Lipinski definition) is 1. The maximum absolute atomic E-state index is 5.98. The third kappa shape index (κ3) is 6.44. The summed E-state index contributed by atoms with van der Waals surface area (Å²) in [5, 5.41) is 3.48. The molecular formula is C25H35N3O2. The number of pyridine rings is 1. The fourth-order valence-electron chi connectivity index (χ4n) is 4.42. The van der Waals surface area contributed by atoms with Gasteiger partial charge < -0.3 is 19.7 Å². The average Bonchev–Trinajstić information content (AvgIpc) is 3.33. The van der Waals surface area contributed by atoms with Crippen LogP contribution in [0.15, 0.2) is 48.8 Å². The Morgan fingerprint density at radius 2 is 1.90 bits per heavy atom. The number of nitrogens with one attached hydrogen (secondary N) is 1. The van der Waals surface area contributed by atoms with Crippen LogP contribution in [0.4, 0.5) is 5.69 Å². The first-order valence-electron chi connectivity index (χ1n) is 11.5. The summed E-state index contributed by atoms with van der Waals surface area (Å²) in [6.45, 7) is 5.71. The first-order valence-corrected chi connectivity index (χ1v) is 11.5. The minimum atomic E-state index is 0.485. The number of ether oxygens (including phenoxy) is 2. The Labute approximate surface area is 180 Å². The predicted molar refractivity (Wildman–Crippen MR) is 121 cm³/mol. The van der Waals surface area contributed by atoms with Crippen LogP contribution < -0.4 is 15.0 Å². The Kier molecular flexibility index (Phi) is 7.98. The van der Waals surface area contributed by atoms with Crippen molar-refractivity contribution in [2.75, 3.05) is 44.4 Å². The van der Waals surface area contributed by atoms with E-state index in [1.807, 2.05) is 12.4 Å². The van der Waals surface area contributed by atoms with E-state index in [1.54, 1.807) is 0 Å². The van der Waals surface area contributed by atoms with Crippen molar-refractivity contribution < 1.29 is 9.47 Å². The minimum Gasteiger partial charge on any atom is -0.490 e. The third-order valence-corrected chi connectivity index (χ3v) is 6.34. The molecule has 3 heterocycles. The van der Waals surface area contributed by atoms with E-state index < -0.39 is 0 Å². The summed E-state index contributed by atoms with van der Waals surface area (Å²) in [5.74, 6) is 1.65.